The Morgan fingerprint density at radius 2 is 1.62 bits per heavy atom. The van der Waals surface area contributed by atoms with Crippen LogP contribution in [0.25, 0.3) is 0 Å². The number of nitro groups is 1. The number of carboxylic acid groups (broad SMARTS) is 1. The Morgan fingerprint density at radius 3 is 2.09 bits per heavy atom. The molecule has 0 saturated carbocycles. The van der Waals surface area contributed by atoms with Crippen LogP contribution in [0.5, 0.6) is 0 Å². The van der Waals surface area contributed by atoms with Gasteiger partial charge < -0.3 is 10.4 Å². The molecule has 0 heterocycles. The number of carboxylic acids is 1. The number of rotatable bonds is 8. The van der Waals surface area contributed by atoms with Crippen molar-refractivity contribution in [2.24, 2.45) is 0 Å². The van der Waals surface area contributed by atoms with Gasteiger partial charge in [0.15, 0.2) is 0 Å². The first kappa shape index (κ1) is 24.4. The summed E-state index contributed by atoms with van der Waals surface area (Å²) in [4.78, 5) is 48.9. The molecule has 1 unspecified atom stereocenters. The van der Waals surface area contributed by atoms with Gasteiger partial charge in [0.05, 0.1) is 11.3 Å². The molecule has 170 valence electrons. The van der Waals surface area contributed by atoms with E-state index in [2.05, 4.69) is 5.32 Å². The van der Waals surface area contributed by atoms with Crippen LogP contribution < -0.4 is 10.2 Å². The molecule has 0 radical (unpaired) electrons. The fourth-order valence-electron chi connectivity index (χ4n) is 3.01. The number of non-ortho nitro benzene ring substituents is 1. The van der Waals surface area contributed by atoms with E-state index in [0.717, 1.165) is 17.0 Å². The standard InChI is InChI=1S/C22H24FN3O6/c1-22(2,3)24-21(30)20(14-4-8-17(9-5-14)26(31)32)25(18(27)12-13-19(28)29)16-10-6-15(23)7-11-16/h4-11,20H,12-13H2,1-3H3,(H,24,30)(H,28,29). The Balaban J connectivity index is 2.61. The van der Waals surface area contributed by atoms with Crippen molar-refractivity contribution in [2.75, 3.05) is 4.90 Å². The second kappa shape index (κ2) is 9.99. The third-order valence-electron chi connectivity index (χ3n) is 4.35. The fourth-order valence-corrected chi connectivity index (χ4v) is 3.01. The summed E-state index contributed by atoms with van der Waals surface area (Å²) >= 11 is 0. The molecule has 2 aromatic rings. The summed E-state index contributed by atoms with van der Waals surface area (Å²) in [6.45, 7) is 5.23. The first-order chi connectivity index (χ1) is 14.9. The Kier molecular flexibility index (Phi) is 7.63. The van der Waals surface area contributed by atoms with Crippen LogP contribution in [-0.2, 0) is 14.4 Å². The summed E-state index contributed by atoms with van der Waals surface area (Å²) in [7, 11) is 0. The maximum atomic E-state index is 13.5. The van der Waals surface area contributed by atoms with Gasteiger partial charge in [0.25, 0.3) is 5.69 Å². The molecule has 2 aromatic carbocycles. The molecular weight excluding hydrogens is 421 g/mol. The number of hydrogen-bond acceptors (Lipinski definition) is 5. The third kappa shape index (κ3) is 6.59. The maximum Gasteiger partial charge on any atom is 0.303 e. The smallest absolute Gasteiger partial charge is 0.303 e. The zero-order valence-corrected chi connectivity index (χ0v) is 17.9. The predicted octanol–water partition coefficient (Wildman–Crippen LogP) is 3.59. The highest BCUT2D eigenvalue weighted by Gasteiger charge is 2.34. The summed E-state index contributed by atoms with van der Waals surface area (Å²) in [5.41, 5.74) is -0.428. The average Bonchev–Trinajstić information content (AvgIpc) is 2.69. The molecule has 0 aromatic heterocycles. The summed E-state index contributed by atoms with van der Waals surface area (Å²) in [6.07, 6.45) is -0.872. The number of halogens is 1. The number of anilines is 1. The van der Waals surface area contributed by atoms with E-state index in [-0.39, 0.29) is 16.9 Å². The Bertz CT molecular complexity index is 1000. The molecule has 1 atom stereocenters. The number of carbonyl (C=O) groups excluding carboxylic acids is 2. The number of benzene rings is 2. The molecule has 0 saturated heterocycles. The van der Waals surface area contributed by atoms with E-state index in [1.54, 1.807) is 20.8 Å². The highest BCUT2D eigenvalue weighted by atomic mass is 19.1. The van der Waals surface area contributed by atoms with Crippen LogP contribution in [0.1, 0.15) is 45.2 Å². The van der Waals surface area contributed by atoms with Crippen molar-refractivity contribution < 1.29 is 28.8 Å². The average molecular weight is 445 g/mol. The van der Waals surface area contributed by atoms with E-state index in [1.807, 2.05) is 0 Å². The second-order valence-corrected chi connectivity index (χ2v) is 8.12. The van der Waals surface area contributed by atoms with E-state index >= 15 is 0 Å². The van der Waals surface area contributed by atoms with Gasteiger partial charge in [-0.3, -0.25) is 29.4 Å². The van der Waals surface area contributed by atoms with E-state index < -0.39 is 52.9 Å². The van der Waals surface area contributed by atoms with Gasteiger partial charge in [0, 0.05) is 29.8 Å². The highest BCUT2D eigenvalue weighted by molar-refractivity contribution is 6.02. The van der Waals surface area contributed by atoms with Crippen LogP contribution in [0, 0.1) is 15.9 Å². The summed E-state index contributed by atoms with van der Waals surface area (Å²) in [5.74, 6) is -3.01. The van der Waals surface area contributed by atoms with E-state index in [9.17, 15) is 28.9 Å². The number of carbonyl (C=O) groups is 3. The number of hydrogen-bond donors (Lipinski definition) is 2. The van der Waals surface area contributed by atoms with Crippen LogP contribution in [0.15, 0.2) is 48.5 Å². The maximum absolute atomic E-state index is 13.5. The lowest BCUT2D eigenvalue weighted by Crippen LogP contribution is -2.49. The summed E-state index contributed by atoms with van der Waals surface area (Å²) in [5, 5.41) is 22.8. The molecule has 0 aliphatic carbocycles. The minimum absolute atomic E-state index is 0.175. The quantitative estimate of drug-likeness (QED) is 0.472. The van der Waals surface area contributed by atoms with Crippen molar-refractivity contribution in [3.8, 4) is 0 Å². The molecule has 0 fully saturated rings. The number of nitrogens with one attached hydrogen (secondary N) is 1. The van der Waals surface area contributed by atoms with Crippen molar-refractivity contribution in [2.45, 2.75) is 45.2 Å². The molecule has 0 aliphatic rings. The Hall–Kier alpha value is -3.82. The SMILES string of the molecule is CC(C)(C)NC(=O)C(c1ccc([N+](=O)[O-])cc1)N(C(=O)CCC(=O)O)c1ccc(F)cc1. The first-order valence-corrected chi connectivity index (χ1v) is 9.75. The molecule has 0 spiro atoms. The Labute approximate surface area is 184 Å². The molecule has 2 rings (SSSR count). The van der Waals surface area contributed by atoms with Gasteiger partial charge in [-0.25, -0.2) is 4.39 Å². The number of nitro benzene ring substituents is 1. The van der Waals surface area contributed by atoms with Gasteiger partial charge in [0.2, 0.25) is 11.8 Å². The molecule has 2 N–H and O–H groups in total. The predicted molar refractivity (Wildman–Crippen MR) is 114 cm³/mol. The first-order valence-electron chi connectivity index (χ1n) is 9.75. The third-order valence-corrected chi connectivity index (χ3v) is 4.35. The molecule has 32 heavy (non-hydrogen) atoms. The van der Waals surface area contributed by atoms with Gasteiger partial charge in [-0.1, -0.05) is 0 Å². The highest BCUT2D eigenvalue weighted by Crippen LogP contribution is 2.31. The van der Waals surface area contributed by atoms with Crippen molar-refractivity contribution >= 4 is 29.2 Å². The largest absolute Gasteiger partial charge is 0.481 e. The molecule has 0 aliphatic heterocycles. The zero-order valence-electron chi connectivity index (χ0n) is 17.9. The van der Waals surface area contributed by atoms with Crippen molar-refractivity contribution in [1.29, 1.82) is 0 Å². The minimum Gasteiger partial charge on any atom is -0.481 e. The van der Waals surface area contributed by atoms with Crippen LogP contribution in [0.3, 0.4) is 0 Å². The molecule has 9 nitrogen and oxygen atoms in total. The van der Waals surface area contributed by atoms with Gasteiger partial charge in [-0.15, -0.1) is 0 Å². The molecular formula is C22H24FN3O6. The lowest BCUT2D eigenvalue weighted by atomic mass is 10.00. The number of amides is 2. The van der Waals surface area contributed by atoms with Crippen LogP contribution in [0.2, 0.25) is 0 Å². The zero-order chi connectivity index (χ0) is 24.1. The van der Waals surface area contributed by atoms with Crippen molar-refractivity contribution in [3.63, 3.8) is 0 Å². The van der Waals surface area contributed by atoms with Crippen LogP contribution >= 0.6 is 0 Å². The minimum atomic E-state index is -1.28. The number of nitrogens with zero attached hydrogens (tertiary/aromatic N) is 2. The molecule has 10 heteroatoms. The normalized spacial score (nSPS) is 12.0. The van der Waals surface area contributed by atoms with E-state index in [0.29, 0.717) is 0 Å². The molecule has 0 bridgehead atoms. The summed E-state index contributed by atoms with van der Waals surface area (Å²) in [6, 6.07) is 8.67. The van der Waals surface area contributed by atoms with E-state index in [4.69, 9.17) is 5.11 Å². The van der Waals surface area contributed by atoms with Gasteiger partial charge >= 0.3 is 5.97 Å². The topological polar surface area (TPSA) is 130 Å². The fraction of sp³-hybridized carbons (Fsp3) is 0.318. The van der Waals surface area contributed by atoms with Gasteiger partial charge in [-0.2, -0.15) is 0 Å². The second-order valence-electron chi connectivity index (χ2n) is 8.12. The monoisotopic (exact) mass is 445 g/mol. The number of aliphatic carboxylic acids is 1. The lowest BCUT2D eigenvalue weighted by molar-refractivity contribution is -0.384. The lowest BCUT2D eigenvalue weighted by Gasteiger charge is -2.33. The van der Waals surface area contributed by atoms with Gasteiger partial charge in [-0.05, 0) is 62.7 Å². The van der Waals surface area contributed by atoms with E-state index in [1.165, 1.54) is 36.4 Å². The van der Waals surface area contributed by atoms with Crippen LogP contribution in [-0.4, -0.2) is 33.4 Å². The van der Waals surface area contributed by atoms with Crippen LogP contribution in [0.4, 0.5) is 15.8 Å². The Morgan fingerprint density at radius 1 is 1.06 bits per heavy atom. The molecule has 2 amide bonds. The van der Waals surface area contributed by atoms with Gasteiger partial charge in [0.1, 0.15) is 11.9 Å². The van der Waals surface area contributed by atoms with Crippen molar-refractivity contribution in [3.05, 3.63) is 70.0 Å². The summed E-state index contributed by atoms with van der Waals surface area (Å²) < 4.78 is 13.5. The van der Waals surface area contributed by atoms with Crippen molar-refractivity contribution in [1.82, 2.24) is 5.32 Å².